The van der Waals surface area contributed by atoms with Crippen molar-refractivity contribution in [2.45, 2.75) is 12.8 Å². The van der Waals surface area contributed by atoms with Gasteiger partial charge in [0.15, 0.2) is 0 Å². The Morgan fingerprint density at radius 2 is 1.79 bits per heavy atom. The van der Waals surface area contributed by atoms with Crippen molar-refractivity contribution in [3.63, 3.8) is 0 Å². The summed E-state index contributed by atoms with van der Waals surface area (Å²) in [6.07, 6.45) is 3.72. The summed E-state index contributed by atoms with van der Waals surface area (Å²) in [5.41, 5.74) is 2.52. The number of aromatic nitrogens is 1. The molecule has 1 aromatic heterocycles. The first-order valence-electron chi connectivity index (χ1n) is 7.88. The lowest BCUT2D eigenvalue weighted by Gasteiger charge is -2.15. The summed E-state index contributed by atoms with van der Waals surface area (Å²) in [5, 5.41) is 3.21. The van der Waals surface area contributed by atoms with Crippen molar-refractivity contribution in [2.24, 2.45) is 0 Å². The van der Waals surface area contributed by atoms with Crippen LogP contribution in [0.5, 0.6) is 0 Å². The summed E-state index contributed by atoms with van der Waals surface area (Å²) < 4.78 is 4.68. The van der Waals surface area contributed by atoms with Gasteiger partial charge in [-0.15, -0.1) is 0 Å². The highest BCUT2D eigenvalue weighted by Gasteiger charge is 2.20. The number of amides is 1. The van der Waals surface area contributed by atoms with E-state index in [1.54, 1.807) is 42.6 Å². The molecule has 0 aliphatic carbocycles. The molecule has 124 valence electrons. The molecular weight excluding hydrogens is 306 g/mol. The second-order valence-corrected chi connectivity index (χ2v) is 5.62. The molecule has 0 unspecified atom stereocenters. The molecule has 3 rings (SSSR count). The first kappa shape index (κ1) is 16.0. The van der Waals surface area contributed by atoms with Crippen molar-refractivity contribution in [2.75, 3.05) is 25.5 Å². The number of benzene rings is 1. The number of rotatable bonds is 4. The fraction of sp³-hybridized carbons (Fsp3) is 0.278. The molecule has 1 saturated heterocycles. The number of carbonyl (C=O) groups is 2. The van der Waals surface area contributed by atoms with Gasteiger partial charge in [-0.05, 0) is 49.2 Å². The maximum absolute atomic E-state index is 12.4. The smallest absolute Gasteiger partial charge is 0.337 e. The Morgan fingerprint density at radius 1 is 1.08 bits per heavy atom. The second kappa shape index (κ2) is 7.12. The van der Waals surface area contributed by atoms with Gasteiger partial charge in [-0.3, -0.25) is 9.78 Å². The number of carbonyl (C=O) groups excluding carboxylic acids is 2. The van der Waals surface area contributed by atoms with Gasteiger partial charge in [-0.1, -0.05) is 0 Å². The average molecular weight is 325 g/mol. The van der Waals surface area contributed by atoms with Gasteiger partial charge in [0.05, 0.1) is 12.7 Å². The first-order chi connectivity index (χ1) is 11.7. The molecule has 1 amide bonds. The Kier molecular flexibility index (Phi) is 4.74. The number of nitrogens with zero attached hydrogens (tertiary/aromatic N) is 2. The Morgan fingerprint density at radius 3 is 2.46 bits per heavy atom. The molecule has 1 N–H and O–H groups in total. The molecule has 0 radical (unpaired) electrons. The van der Waals surface area contributed by atoms with Crippen molar-refractivity contribution < 1.29 is 14.3 Å². The SMILES string of the molecule is COC(=O)c1ccc(Nc2ccnc(C(=O)N3CCCC3)c2)cc1. The molecule has 2 heterocycles. The van der Waals surface area contributed by atoms with Crippen molar-refractivity contribution in [3.8, 4) is 0 Å². The molecular formula is C18H19N3O3. The zero-order chi connectivity index (χ0) is 16.9. The van der Waals surface area contributed by atoms with Crippen LogP contribution >= 0.6 is 0 Å². The maximum atomic E-state index is 12.4. The van der Waals surface area contributed by atoms with E-state index in [4.69, 9.17) is 0 Å². The van der Waals surface area contributed by atoms with Crippen LogP contribution in [0.1, 0.15) is 33.7 Å². The van der Waals surface area contributed by atoms with Gasteiger partial charge >= 0.3 is 5.97 Å². The van der Waals surface area contributed by atoms with E-state index in [1.807, 2.05) is 4.90 Å². The highest BCUT2D eigenvalue weighted by Crippen LogP contribution is 2.19. The lowest BCUT2D eigenvalue weighted by molar-refractivity contribution is 0.0600. The summed E-state index contributed by atoms with van der Waals surface area (Å²) >= 11 is 0. The molecule has 6 nitrogen and oxygen atoms in total. The molecule has 2 aromatic rings. The highest BCUT2D eigenvalue weighted by atomic mass is 16.5. The van der Waals surface area contributed by atoms with Gasteiger partial charge in [0, 0.05) is 30.7 Å². The summed E-state index contributed by atoms with van der Waals surface area (Å²) in [6.45, 7) is 1.60. The van der Waals surface area contributed by atoms with Crippen LogP contribution in [0.25, 0.3) is 0 Å². The van der Waals surface area contributed by atoms with Gasteiger partial charge in [0.25, 0.3) is 5.91 Å². The standard InChI is InChI=1S/C18H19N3O3/c1-24-18(23)13-4-6-14(7-5-13)20-15-8-9-19-16(12-15)17(22)21-10-2-3-11-21/h4-9,12H,2-3,10-11H2,1H3,(H,19,20). The summed E-state index contributed by atoms with van der Waals surface area (Å²) in [5.74, 6) is -0.402. The number of methoxy groups -OCH3 is 1. The minimum atomic E-state index is -0.371. The normalized spacial score (nSPS) is 13.6. The lowest BCUT2D eigenvalue weighted by atomic mass is 10.2. The Labute approximate surface area is 140 Å². The largest absolute Gasteiger partial charge is 0.465 e. The lowest BCUT2D eigenvalue weighted by Crippen LogP contribution is -2.28. The van der Waals surface area contributed by atoms with Gasteiger partial charge in [0.1, 0.15) is 5.69 Å². The van der Waals surface area contributed by atoms with Gasteiger partial charge in [-0.2, -0.15) is 0 Å². The molecule has 1 fully saturated rings. The van der Waals surface area contributed by atoms with E-state index in [9.17, 15) is 9.59 Å². The number of likely N-dealkylation sites (tertiary alicyclic amines) is 1. The number of anilines is 2. The van der Waals surface area contributed by atoms with Crippen molar-refractivity contribution in [1.29, 1.82) is 0 Å². The minimum absolute atomic E-state index is 0.0304. The predicted molar refractivity (Wildman–Crippen MR) is 90.4 cm³/mol. The van der Waals surface area contributed by atoms with E-state index in [-0.39, 0.29) is 11.9 Å². The topological polar surface area (TPSA) is 71.5 Å². The summed E-state index contributed by atoms with van der Waals surface area (Å²) in [7, 11) is 1.35. The van der Waals surface area contributed by atoms with E-state index in [2.05, 4.69) is 15.0 Å². The van der Waals surface area contributed by atoms with E-state index in [0.29, 0.717) is 11.3 Å². The number of pyridine rings is 1. The second-order valence-electron chi connectivity index (χ2n) is 5.62. The molecule has 1 aliphatic rings. The molecule has 1 aliphatic heterocycles. The van der Waals surface area contributed by atoms with Crippen molar-refractivity contribution in [3.05, 3.63) is 53.9 Å². The van der Waals surface area contributed by atoms with Crippen LogP contribution in [-0.2, 0) is 4.74 Å². The monoisotopic (exact) mass is 325 g/mol. The van der Waals surface area contributed by atoms with Crippen LogP contribution in [0.4, 0.5) is 11.4 Å². The third-order valence-electron chi connectivity index (χ3n) is 3.97. The van der Waals surface area contributed by atoms with E-state index >= 15 is 0 Å². The van der Waals surface area contributed by atoms with Crippen LogP contribution in [-0.4, -0.2) is 42.0 Å². The molecule has 0 bridgehead atoms. The summed E-state index contributed by atoms with van der Waals surface area (Å²) in [4.78, 5) is 29.8. The molecule has 0 atom stereocenters. The molecule has 0 spiro atoms. The zero-order valence-corrected chi connectivity index (χ0v) is 13.5. The Hall–Kier alpha value is -2.89. The molecule has 24 heavy (non-hydrogen) atoms. The first-order valence-corrected chi connectivity index (χ1v) is 7.88. The third-order valence-corrected chi connectivity index (χ3v) is 3.97. The van der Waals surface area contributed by atoms with Crippen LogP contribution in [0.15, 0.2) is 42.6 Å². The van der Waals surface area contributed by atoms with E-state index in [0.717, 1.165) is 37.3 Å². The summed E-state index contributed by atoms with van der Waals surface area (Å²) in [6, 6.07) is 10.5. The van der Waals surface area contributed by atoms with Crippen molar-refractivity contribution >= 4 is 23.3 Å². The molecule has 6 heteroatoms. The number of hydrogen-bond donors (Lipinski definition) is 1. The quantitative estimate of drug-likeness (QED) is 0.875. The van der Waals surface area contributed by atoms with Gasteiger partial charge in [0.2, 0.25) is 0 Å². The fourth-order valence-electron chi connectivity index (χ4n) is 2.68. The van der Waals surface area contributed by atoms with Crippen LogP contribution in [0, 0.1) is 0 Å². The molecule has 1 aromatic carbocycles. The fourth-order valence-corrected chi connectivity index (χ4v) is 2.68. The van der Waals surface area contributed by atoms with E-state index < -0.39 is 0 Å². The zero-order valence-electron chi connectivity index (χ0n) is 13.5. The Bertz CT molecular complexity index is 737. The number of nitrogens with one attached hydrogen (secondary N) is 1. The predicted octanol–water partition coefficient (Wildman–Crippen LogP) is 2.85. The third kappa shape index (κ3) is 3.53. The molecule has 0 saturated carbocycles. The Balaban J connectivity index is 1.72. The minimum Gasteiger partial charge on any atom is -0.465 e. The van der Waals surface area contributed by atoms with Gasteiger partial charge in [-0.25, -0.2) is 4.79 Å². The van der Waals surface area contributed by atoms with Gasteiger partial charge < -0.3 is 15.0 Å². The average Bonchev–Trinajstić information content (AvgIpc) is 3.16. The maximum Gasteiger partial charge on any atom is 0.337 e. The van der Waals surface area contributed by atoms with Crippen LogP contribution in [0.3, 0.4) is 0 Å². The van der Waals surface area contributed by atoms with Crippen LogP contribution < -0.4 is 5.32 Å². The van der Waals surface area contributed by atoms with E-state index in [1.165, 1.54) is 7.11 Å². The number of esters is 1. The number of hydrogen-bond acceptors (Lipinski definition) is 5. The van der Waals surface area contributed by atoms with Crippen molar-refractivity contribution in [1.82, 2.24) is 9.88 Å². The number of ether oxygens (including phenoxy) is 1. The van der Waals surface area contributed by atoms with Crippen LogP contribution in [0.2, 0.25) is 0 Å². The highest BCUT2D eigenvalue weighted by molar-refractivity contribution is 5.93.